The van der Waals surface area contributed by atoms with Crippen molar-refractivity contribution in [2.45, 2.75) is 409 Å². The molecule has 9 heteroatoms. The van der Waals surface area contributed by atoms with Gasteiger partial charge >= 0.3 is 48.9 Å². The molecule has 2 aromatic carbocycles. The number of rotatable bonds is 62. The second kappa shape index (κ2) is 63.4. The van der Waals surface area contributed by atoms with Crippen LogP contribution in [-0.2, 0) is 33.1 Å². The fourth-order valence-corrected chi connectivity index (χ4v) is 13.1. The topological polar surface area (TPSA) is 114 Å². The van der Waals surface area contributed by atoms with E-state index in [1.165, 1.54) is 384 Å². The first-order chi connectivity index (χ1) is 40.1. The normalized spacial score (nSPS) is 11.7. The molecule has 0 radical (unpaired) electrons. The number of benzene rings is 2. The third-order valence-electron chi connectivity index (χ3n) is 17.5. The van der Waals surface area contributed by atoms with Crippen molar-refractivity contribution < 1.29 is 25.9 Å². The summed E-state index contributed by atoms with van der Waals surface area (Å²) in [5, 5.41) is 0. The van der Waals surface area contributed by atoms with Gasteiger partial charge in [-0.15, -0.1) is 0 Å². The van der Waals surface area contributed by atoms with E-state index in [0.717, 1.165) is 36.8 Å². The summed E-state index contributed by atoms with van der Waals surface area (Å²) < 4.78 is 66.8. The smallest absolute Gasteiger partial charge is 0.744 e. The van der Waals surface area contributed by atoms with Gasteiger partial charge in [-0.25, -0.2) is 16.8 Å². The maximum Gasteiger partial charge on any atom is 2.00 e. The van der Waals surface area contributed by atoms with E-state index in [0.29, 0.717) is 0 Å². The van der Waals surface area contributed by atoms with Crippen molar-refractivity contribution in [2.75, 3.05) is 0 Å². The molecule has 2 aromatic rings. The Morgan fingerprint density at radius 3 is 0.530 bits per heavy atom. The average Bonchev–Trinajstić information content (AvgIpc) is 3.47. The Morgan fingerprint density at radius 1 is 0.241 bits per heavy atom. The Kier molecular flexibility index (Phi) is 63.3. The van der Waals surface area contributed by atoms with Crippen LogP contribution in [0, 0.1) is 0 Å². The minimum Gasteiger partial charge on any atom is -0.744 e. The Balaban J connectivity index is 0.00000160. The largest absolute Gasteiger partial charge is 2.00 e. The minimum atomic E-state index is -4.35. The number of aryl methyl sites for hydroxylation is 2. The quantitative estimate of drug-likeness (QED) is 0.0370. The molecule has 0 heterocycles. The van der Waals surface area contributed by atoms with Crippen LogP contribution in [0.4, 0.5) is 0 Å². The summed E-state index contributed by atoms with van der Waals surface area (Å²) in [6, 6.07) is 13.0. The van der Waals surface area contributed by atoms with Crippen molar-refractivity contribution in [3.05, 3.63) is 59.7 Å². The molecular weight excluding hydrogens is 1190 g/mol. The van der Waals surface area contributed by atoms with Gasteiger partial charge in [0, 0.05) is 0 Å². The first kappa shape index (κ1) is 82.8. The summed E-state index contributed by atoms with van der Waals surface area (Å²) in [7, 11) is -8.69. The van der Waals surface area contributed by atoms with Gasteiger partial charge in [0.15, 0.2) is 0 Å². The molecule has 0 N–H and O–H groups in total. The third kappa shape index (κ3) is 59.2. The van der Waals surface area contributed by atoms with Crippen LogP contribution in [0.1, 0.15) is 397 Å². The van der Waals surface area contributed by atoms with Crippen molar-refractivity contribution >= 4 is 69.1 Å². The second-order valence-electron chi connectivity index (χ2n) is 25.5. The van der Waals surface area contributed by atoms with Gasteiger partial charge in [0.05, 0.1) is 9.79 Å². The predicted octanol–water partition coefficient (Wildman–Crippen LogP) is 24.6. The third-order valence-corrected chi connectivity index (χ3v) is 19.2. The Hall–Kier alpha value is -0.169. The van der Waals surface area contributed by atoms with Crippen LogP contribution >= 0.6 is 0 Å². The zero-order valence-electron chi connectivity index (χ0n) is 55.0. The van der Waals surface area contributed by atoms with Crippen molar-refractivity contribution in [3.8, 4) is 0 Å². The average molecular weight is 1320 g/mol. The monoisotopic (exact) mass is 1320 g/mol. The zero-order valence-corrected chi connectivity index (χ0v) is 61.1. The molecule has 0 aromatic heterocycles. The van der Waals surface area contributed by atoms with E-state index >= 15 is 0 Å². The first-order valence-electron chi connectivity index (χ1n) is 36.2. The molecule has 83 heavy (non-hydrogen) atoms. The number of hydrogen-bond donors (Lipinski definition) is 0. The molecule has 0 fully saturated rings. The van der Waals surface area contributed by atoms with Gasteiger partial charge in [-0.1, -0.05) is 398 Å². The van der Waals surface area contributed by atoms with Gasteiger partial charge in [0.2, 0.25) is 0 Å². The van der Waals surface area contributed by atoms with E-state index in [-0.39, 0.29) is 58.7 Å². The van der Waals surface area contributed by atoms with Crippen LogP contribution in [-0.4, -0.2) is 74.8 Å². The molecular formula is C74H134BaO6S2. The first-order valence-corrected chi connectivity index (χ1v) is 39.0. The maximum atomic E-state index is 11.1. The van der Waals surface area contributed by atoms with E-state index < -0.39 is 20.2 Å². The van der Waals surface area contributed by atoms with Crippen LogP contribution < -0.4 is 0 Å². The molecule has 2 rings (SSSR count). The molecule has 0 saturated carbocycles. The number of hydrogen-bond acceptors (Lipinski definition) is 6. The van der Waals surface area contributed by atoms with E-state index in [9.17, 15) is 25.9 Å². The molecule has 0 aliphatic rings. The van der Waals surface area contributed by atoms with Crippen molar-refractivity contribution in [1.29, 1.82) is 0 Å². The van der Waals surface area contributed by atoms with Gasteiger partial charge < -0.3 is 9.11 Å². The van der Waals surface area contributed by atoms with Crippen LogP contribution in [0.5, 0.6) is 0 Å². The Labute approximate surface area is 558 Å². The molecule has 0 amide bonds. The molecule has 0 unspecified atom stereocenters. The Bertz CT molecular complexity index is 1720. The zero-order chi connectivity index (χ0) is 59.4. The molecule has 6 nitrogen and oxygen atoms in total. The summed E-state index contributed by atoms with van der Waals surface area (Å²) in [5.41, 5.74) is 1.90. The fraction of sp³-hybridized carbons (Fsp3) is 0.838. The van der Waals surface area contributed by atoms with Gasteiger partial charge in [0.1, 0.15) is 20.2 Å². The molecule has 0 spiro atoms. The SMILES string of the molecule is CCCCCCCCCCCCCCCCCCCCCCCCCCCCCCCc1cccc(S(=O)(=O)[O-])c1.CCCCCCCCCCCCCCCCCCCCCCCCCCCCCCCc1cccc(S(=O)(=O)[O-])c1.[Ba+2]. The summed E-state index contributed by atoms with van der Waals surface area (Å²) >= 11 is 0. The summed E-state index contributed by atoms with van der Waals surface area (Å²) in [4.78, 5) is -0.212. The minimum absolute atomic E-state index is 0. The summed E-state index contributed by atoms with van der Waals surface area (Å²) in [6.45, 7) is 4.59. The predicted molar refractivity (Wildman–Crippen MR) is 361 cm³/mol. The Morgan fingerprint density at radius 2 is 0.386 bits per heavy atom. The molecule has 480 valence electrons. The van der Waals surface area contributed by atoms with Gasteiger partial charge in [0.25, 0.3) is 0 Å². The van der Waals surface area contributed by atoms with Crippen LogP contribution in [0.25, 0.3) is 0 Å². The standard InChI is InChI=1S/2C37H68O3S.Ba/c2*1-2-3-4-5-6-7-8-9-10-11-12-13-14-15-16-17-18-19-20-21-22-23-24-25-26-27-28-29-30-32-36-33-31-34-37(35-36)41(38,39)40;/h2*31,33-35H,2-30,32H2,1H3,(H,38,39,40);/q;;+2/p-2. The summed E-state index contributed by atoms with van der Waals surface area (Å²) in [6.07, 6.45) is 83.1. The molecule has 0 aliphatic carbocycles. The van der Waals surface area contributed by atoms with Crippen molar-refractivity contribution in [2.24, 2.45) is 0 Å². The van der Waals surface area contributed by atoms with Crippen LogP contribution in [0.3, 0.4) is 0 Å². The van der Waals surface area contributed by atoms with Crippen LogP contribution in [0.2, 0.25) is 0 Å². The maximum absolute atomic E-state index is 11.1. The van der Waals surface area contributed by atoms with Gasteiger partial charge in [-0.2, -0.15) is 0 Å². The van der Waals surface area contributed by atoms with E-state index in [4.69, 9.17) is 0 Å². The van der Waals surface area contributed by atoms with E-state index in [2.05, 4.69) is 13.8 Å². The second-order valence-corrected chi connectivity index (χ2v) is 28.3. The molecule has 0 atom stereocenters. The molecule has 0 bridgehead atoms. The van der Waals surface area contributed by atoms with E-state index in [1.54, 1.807) is 12.1 Å². The molecule has 0 saturated heterocycles. The van der Waals surface area contributed by atoms with Gasteiger partial charge in [-0.3, -0.25) is 0 Å². The number of unbranched alkanes of at least 4 members (excludes halogenated alkanes) is 56. The fourth-order valence-electron chi connectivity index (χ4n) is 12.1. The molecule has 0 aliphatic heterocycles. The van der Waals surface area contributed by atoms with Crippen molar-refractivity contribution in [1.82, 2.24) is 0 Å². The summed E-state index contributed by atoms with van der Waals surface area (Å²) in [5.74, 6) is 0. The van der Waals surface area contributed by atoms with Crippen LogP contribution in [0.15, 0.2) is 58.3 Å². The van der Waals surface area contributed by atoms with Gasteiger partial charge in [-0.05, 0) is 61.1 Å². The van der Waals surface area contributed by atoms with Crippen molar-refractivity contribution in [3.63, 3.8) is 0 Å². The van der Waals surface area contributed by atoms with E-state index in [1.807, 2.05) is 12.1 Å².